The highest BCUT2D eigenvalue weighted by Gasteiger charge is 2.28. The number of Topliss-reactive ketones (excluding diaryl/α,β-unsaturated/α-hetero) is 1. The Morgan fingerprint density at radius 1 is 1.62 bits per heavy atom. The molecule has 1 heterocycles. The summed E-state index contributed by atoms with van der Waals surface area (Å²) in [6.45, 7) is 2.23. The number of carbonyl (C=O) groups is 1. The lowest BCUT2D eigenvalue weighted by Gasteiger charge is -2.09. The van der Waals surface area contributed by atoms with Crippen molar-refractivity contribution in [2.75, 3.05) is 6.54 Å². The maximum Gasteiger partial charge on any atom is 0.173 e. The van der Waals surface area contributed by atoms with Gasteiger partial charge in [-0.3, -0.25) is 4.79 Å². The fourth-order valence-corrected chi connectivity index (χ4v) is 1.41. The second-order valence-corrected chi connectivity index (χ2v) is 3.13. The number of rotatable bonds is 3. The van der Waals surface area contributed by atoms with Gasteiger partial charge in [-0.2, -0.15) is 0 Å². The maximum atomic E-state index is 11.4. The molecule has 1 saturated heterocycles. The van der Waals surface area contributed by atoms with E-state index in [1.807, 2.05) is 0 Å². The Morgan fingerprint density at radius 3 is 2.92 bits per heavy atom. The average Bonchev–Trinajstić information content (AvgIpc) is 2.62. The molecule has 0 saturated carbocycles. The first kappa shape index (κ1) is 10.2. The quantitative estimate of drug-likeness (QED) is 0.644. The van der Waals surface area contributed by atoms with E-state index in [9.17, 15) is 4.79 Å². The van der Waals surface area contributed by atoms with Crippen LogP contribution in [-0.2, 0) is 9.53 Å². The molecule has 1 aliphatic rings. The lowest BCUT2D eigenvalue weighted by molar-refractivity contribution is -0.128. The predicted molar refractivity (Wildman–Crippen MR) is 50.0 cm³/mol. The third-order valence-corrected chi connectivity index (χ3v) is 2.17. The summed E-state index contributed by atoms with van der Waals surface area (Å²) < 4.78 is 5.43. The SMILES string of the molecule is CC#CCC(=O)C1CCC(CN)O1. The molecule has 2 unspecified atom stereocenters. The average molecular weight is 181 g/mol. The van der Waals surface area contributed by atoms with Gasteiger partial charge in [0.1, 0.15) is 6.10 Å². The smallest absolute Gasteiger partial charge is 0.173 e. The van der Waals surface area contributed by atoms with Crippen LogP contribution >= 0.6 is 0 Å². The zero-order valence-electron chi connectivity index (χ0n) is 7.88. The van der Waals surface area contributed by atoms with Gasteiger partial charge in [-0.1, -0.05) is 5.92 Å². The predicted octanol–water partition coefficient (Wildman–Crippen LogP) is 0.475. The van der Waals surface area contributed by atoms with E-state index in [1.54, 1.807) is 6.92 Å². The Kier molecular flexibility index (Phi) is 3.94. The number of carbonyl (C=O) groups excluding carboxylic acids is 1. The van der Waals surface area contributed by atoms with E-state index in [0.29, 0.717) is 13.0 Å². The van der Waals surface area contributed by atoms with Gasteiger partial charge in [0.25, 0.3) is 0 Å². The molecule has 0 bridgehead atoms. The topological polar surface area (TPSA) is 52.3 Å². The van der Waals surface area contributed by atoms with Gasteiger partial charge < -0.3 is 10.5 Å². The van der Waals surface area contributed by atoms with Crippen molar-refractivity contribution in [1.29, 1.82) is 0 Å². The summed E-state index contributed by atoms with van der Waals surface area (Å²) in [7, 11) is 0. The van der Waals surface area contributed by atoms with Gasteiger partial charge in [0.2, 0.25) is 0 Å². The van der Waals surface area contributed by atoms with Crippen LogP contribution in [0.1, 0.15) is 26.2 Å². The summed E-state index contributed by atoms with van der Waals surface area (Å²) >= 11 is 0. The standard InChI is InChI=1S/C10H15NO2/c1-2-3-4-9(12)10-6-5-8(7-11)13-10/h8,10H,4-7,11H2,1H3. The van der Waals surface area contributed by atoms with Gasteiger partial charge in [-0.05, 0) is 19.8 Å². The Labute approximate surface area is 78.6 Å². The lowest BCUT2D eigenvalue weighted by Crippen LogP contribution is -2.24. The van der Waals surface area contributed by atoms with Gasteiger partial charge in [0, 0.05) is 6.54 Å². The molecule has 1 aliphatic heterocycles. The largest absolute Gasteiger partial charge is 0.366 e. The zero-order valence-corrected chi connectivity index (χ0v) is 7.88. The first-order valence-electron chi connectivity index (χ1n) is 4.55. The summed E-state index contributed by atoms with van der Waals surface area (Å²) in [6.07, 6.45) is 1.81. The van der Waals surface area contributed by atoms with Crippen molar-refractivity contribution in [2.24, 2.45) is 5.73 Å². The van der Waals surface area contributed by atoms with Gasteiger partial charge in [-0.15, -0.1) is 5.92 Å². The molecule has 3 heteroatoms. The van der Waals surface area contributed by atoms with Crippen molar-refractivity contribution in [3.8, 4) is 11.8 Å². The van der Waals surface area contributed by atoms with Crippen LogP contribution in [0.4, 0.5) is 0 Å². The van der Waals surface area contributed by atoms with Crippen molar-refractivity contribution in [2.45, 2.75) is 38.4 Å². The second-order valence-electron chi connectivity index (χ2n) is 3.13. The highest BCUT2D eigenvalue weighted by Crippen LogP contribution is 2.20. The van der Waals surface area contributed by atoms with Crippen molar-refractivity contribution < 1.29 is 9.53 Å². The fourth-order valence-electron chi connectivity index (χ4n) is 1.41. The molecule has 0 aliphatic carbocycles. The zero-order chi connectivity index (χ0) is 9.68. The third-order valence-electron chi connectivity index (χ3n) is 2.17. The van der Waals surface area contributed by atoms with E-state index in [1.165, 1.54) is 0 Å². The van der Waals surface area contributed by atoms with Crippen LogP contribution in [-0.4, -0.2) is 24.5 Å². The van der Waals surface area contributed by atoms with E-state index in [0.717, 1.165) is 12.8 Å². The monoisotopic (exact) mass is 181 g/mol. The summed E-state index contributed by atoms with van der Waals surface area (Å²) in [5.41, 5.74) is 5.43. The van der Waals surface area contributed by atoms with Crippen LogP contribution in [0.3, 0.4) is 0 Å². The molecule has 0 aromatic rings. The molecule has 0 spiro atoms. The van der Waals surface area contributed by atoms with Gasteiger partial charge in [0.05, 0.1) is 12.5 Å². The molecule has 1 fully saturated rings. The number of ether oxygens (including phenoxy) is 1. The van der Waals surface area contributed by atoms with Gasteiger partial charge in [0.15, 0.2) is 5.78 Å². The molecule has 72 valence electrons. The van der Waals surface area contributed by atoms with Crippen LogP contribution in [0.5, 0.6) is 0 Å². The Hall–Kier alpha value is -0.850. The van der Waals surface area contributed by atoms with Gasteiger partial charge in [-0.25, -0.2) is 0 Å². The molecular weight excluding hydrogens is 166 g/mol. The number of nitrogens with two attached hydrogens (primary N) is 1. The van der Waals surface area contributed by atoms with Crippen molar-refractivity contribution in [3.63, 3.8) is 0 Å². The molecule has 3 nitrogen and oxygen atoms in total. The lowest BCUT2D eigenvalue weighted by atomic mass is 10.1. The maximum absolute atomic E-state index is 11.4. The third kappa shape index (κ3) is 2.83. The van der Waals surface area contributed by atoms with Crippen LogP contribution in [0.15, 0.2) is 0 Å². The summed E-state index contributed by atoms with van der Waals surface area (Å²) in [6, 6.07) is 0. The Balaban J connectivity index is 2.36. The number of hydrogen-bond donors (Lipinski definition) is 1. The van der Waals surface area contributed by atoms with Crippen molar-refractivity contribution in [1.82, 2.24) is 0 Å². The summed E-state index contributed by atoms with van der Waals surface area (Å²) in [5, 5.41) is 0. The minimum absolute atomic E-state index is 0.0727. The highest BCUT2D eigenvalue weighted by atomic mass is 16.5. The first-order valence-corrected chi connectivity index (χ1v) is 4.55. The molecule has 0 radical (unpaired) electrons. The summed E-state index contributed by atoms with van der Waals surface area (Å²) in [5.74, 6) is 5.53. The minimum Gasteiger partial charge on any atom is -0.366 e. The van der Waals surface area contributed by atoms with E-state index < -0.39 is 0 Å². The van der Waals surface area contributed by atoms with Crippen LogP contribution in [0.2, 0.25) is 0 Å². The molecule has 0 amide bonds. The molecule has 2 N–H and O–H groups in total. The van der Waals surface area contributed by atoms with E-state index in [4.69, 9.17) is 10.5 Å². The van der Waals surface area contributed by atoms with Crippen LogP contribution in [0, 0.1) is 11.8 Å². The van der Waals surface area contributed by atoms with Crippen molar-refractivity contribution in [3.05, 3.63) is 0 Å². The van der Waals surface area contributed by atoms with E-state index in [-0.39, 0.29) is 18.0 Å². The van der Waals surface area contributed by atoms with Crippen LogP contribution < -0.4 is 5.73 Å². The Morgan fingerprint density at radius 2 is 2.38 bits per heavy atom. The minimum atomic E-state index is -0.255. The van der Waals surface area contributed by atoms with E-state index >= 15 is 0 Å². The normalized spacial score (nSPS) is 26.6. The number of hydrogen-bond acceptors (Lipinski definition) is 3. The van der Waals surface area contributed by atoms with Crippen molar-refractivity contribution >= 4 is 5.78 Å². The molecule has 0 aromatic heterocycles. The molecular formula is C10H15NO2. The van der Waals surface area contributed by atoms with Crippen LogP contribution in [0.25, 0.3) is 0 Å². The second kappa shape index (κ2) is 5.00. The molecule has 13 heavy (non-hydrogen) atoms. The molecule has 1 rings (SSSR count). The number of ketones is 1. The highest BCUT2D eigenvalue weighted by molar-refractivity contribution is 5.85. The first-order chi connectivity index (χ1) is 6.27. The molecule has 0 aromatic carbocycles. The van der Waals surface area contributed by atoms with Gasteiger partial charge >= 0.3 is 0 Å². The fraction of sp³-hybridized carbons (Fsp3) is 0.700. The Bertz CT molecular complexity index is 239. The molecule has 2 atom stereocenters. The summed E-state index contributed by atoms with van der Waals surface area (Å²) in [4.78, 5) is 11.4. The van der Waals surface area contributed by atoms with E-state index in [2.05, 4.69) is 11.8 Å².